The summed E-state index contributed by atoms with van der Waals surface area (Å²) in [7, 11) is 1.31. The van der Waals surface area contributed by atoms with Gasteiger partial charge in [0.1, 0.15) is 12.1 Å². The van der Waals surface area contributed by atoms with Crippen LogP contribution in [0.15, 0.2) is 36.4 Å². The molecule has 2 aromatic rings. The highest BCUT2D eigenvalue weighted by Gasteiger charge is 2.29. The number of fused-ring (bicyclic) bond motifs is 1. The predicted molar refractivity (Wildman–Crippen MR) is 88.4 cm³/mol. The van der Waals surface area contributed by atoms with Crippen LogP contribution in [-0.2, 0) is 25.5 Å². The fourth-order valence-corrected chi connectivity index (χ4v) is 2.82. The number of nitrogens with one attached hydrogen (secondary N) is 1. The summed E-state index contributed by atoms with van der Waals surface area (Å²) in [4.78, 5) is 28.8. The molecule has 1 aromatic heterocycles. The van der Waals surface area contributed by atoms with Gasteiger partial charge in [0.05, 0.1) is 12.6 Å². The second kappa shape index (κ2) is 7.40. The van der Waals surface area contributed by atoms with Crippen LogP contribution in [0.5, 0.6) is 0 Å². The van der Waals surface area contributed by atoms with Gasteiger partial charge in [0.2, 0.25) is 5.91 Å². The van der Waals surface area contributed by atoms with Gasteiger partial charge in [-0.2, -0.15) is 0 Å². The zero-order valence-electron chi connectivity index (χ0n) is 13.5. The molecular weight excluding hydrogens is 308 g/mol. The van der Waals surface area contributed by atoms with Gasteiger partial charge >= 0.3 is 5.97 Å². The van der Waals surface area contributed by atoms with Gasteiger partial charge in [-0.15, -0.1) is 0 Å². The topological polar surface area (TPSA) is 77.5 Å². The van der Waals surface area contributed by atoms with Crippen LogP contribution in [0.1, 0.15) is 18.5 Å². The van der Waals surface area contributed by atoms with Crippen molar-refractivity contribution in [1.29, 1.82) is 0 Å². The van der Waals surface area contributed by atoms with E-state index in [1.54, 1.807) is 0 Å². The van der Waals surface area contributed by atoms with Crippen molar-refractivity contribution in [2.24, 2.45) is 0 Å². The molecule has 1 aliphatic rings. The van der Waals surface area contributed by atoms with Crippen molar-refractivity contribution in [1.82, 2.24) is 10.3 Å². The number of methoxy groups -OCH3 is 1. The maximum atomic E-state index is 12.2. The molecule has 2 atom stereocenters. The van der Waals surface area contributed by atoms with Crippen LogP contribution in [0.25, 0.3) is 10.9 Å². The summed E-state index contributed by atoms with van der Waals surface area (Å²) in [6, 6.07) is 10.8. The summed E-state index contributed by atoms with van der Waals surface area (Å²) in [5, 5.41) is 3.75. The van der Waals surface area contributed by atoms with Crippen LogP contribution in [0, 0.1) is 0 Å². The monoisotopic (exact) mass is 328 g/mol. The van der Waals surface area contributed by atoms with E-state index in [4.69, 9.17) is 9.47 Å². The molecule has 0 radical (unpaired) electrons. The Morgan fingerprint density at radius 2 is 2.17 bits per heavy atom. The van der Waals surface area contributed by atoms with E-state index in [1.807, 2.05) is 36.4 Å². The number of ether oxygens (including phenoxy) is 2. The van der Waals surface area contributed by atoms with Crippen molar-refractivity contribution in [2.75, 3.05) is 13.7 Å². The number of carbonyl (C=O) groups is 2. The number of pyridine rings is 1. The molecule has 0 saturated carbocycles. The highest BCUT2D eigenvalue weighted by Crippen LogP contribution is 2.15. The molecule has 126 valence electrons. The number of aromatic nitrogens is 1. The van der Waals surface area contributed by atoms with Crippen LogP contribution in [-0.4, -0.2) is 42.7 Å². The van der Waals surface area contributed by atoms with Crippen molar-refractivity contribution in [2.45, 2.75) is 31.4 Å². The molecule has 1 aliphatic heterocycles. The van der Waals surface area contributed by atoms with Gasteiger partial charge in [0.15, 0.2) is 0 Å². The lowest BCUT2D eigenvalue weighted by molar-refractivity contribution is -0.146. The number of rotatable bonds is 5. The summed E-state index contributed by atoms with van der Waals surface area (Å²) in [5.41, 5.74) is 1.57. The Kier molecular flexibility index (Phi) is 5.05. The van der Waals surface area contributed by atoms with E-state index in [0.29, 0.717) is 13.0 Å². The maximum Gasteiger partial charge on any atom is 0.328 e. The van der Waals surface area contributed by atoms with E-state index in [-0.39, 0.29) is 12.3 Å². The minimum Gasteiger partial charge on any atom is -0.467 e. The molecule has 1 N–H and O–H groups in total. The highest BCUT2D eigenvalue weighted by atomic mass is 16.5. The number of hydrogen-bond donors (Lipinski definition) is 1. The van der Waals surface area contributed by atoms with Crippen molar-refractivity contribution in [3.63, 3.8) is 0 Å². The quantitative estimate of drug-likeness (QED) is 0.844. The summed E-state index contributed by atoms with van der Waals surface area (Å²) >= 11 is 0. The van der Waals surface area contributed by atoms with Gasteiger partial charge < -0.3 is 14.8 Å². The molecular formula is C18H20N2O4. The molecule has 3 rings (SSSR count). The molecule has 24 heavy (non-hydrogen) atoms. The number of para-hydroxylation sites is 1. The van der Waals surface area contributed by atoms with Gasteiger partial charge in [0.25, 0.3) is 0 Å². The third-order valence-electron chi connectivity index (χ3n) is 4.09. The maximum absolute atomic E-state index is 12.2. The lowest BCUT2D eigenvalue weighted by atomic mass is 10.1. The second-order valence-corrected chi connectivity index (χ2v) is 5.79. The molecule has 1 saturated heterocycles. The first-order chi connectivity index (χ1) is 11.7. The SMILES string of the molecule is COC(=O)[C@H](Cc1ccc2ccccc2n1)NC(=O)[C@H]1CCCO1. The first-order valence-corrected chi connectivity index (χ1v) is 8.02. The number of nitrogens with zero attached hydrogens (tertiary/aromatic N) is 1. The van der Waals surface area contributed by atoms with Gasteiger partial charge in [0, 0.05) is 24.1 Å². The molecule has 6 heteroatoms. The Labute approximate surface area is 140 Å². The molecule has 0 aliphatic carbocycles. The van der Waals surface area contributed by atoms with Crippen LogP contribution < -0.4 is 5.32 Å². The highest BCUT2D eigenvalue weighted by molar-refractivity contribution is 5.87. The largest absolute Gasteiger partial charge is 0.467 e. The van der Waals surface area contributed by atoms with Gasteiger partial charge in [-0.3, -0.25) is 9.78 Å². The van der Waals surface area contributed by atoms with E-state index < -0.39 is 18.1 Å². The molecule has 1 aromatic carbocycles. The Morgan fingerprint density at radius 3 is 2.92 bits per heavy atom. The number of esters is 1. The molecule has 1 amide bonds. The van der Waals surface area contributed by atoms with Gasteiger partial charge in [-0.05, 0) is 25.0 Å². The van der Waals surface area contributed by atoms with Crippen LogP contribution >= 0.6 is 0 Å². The summed E-state index contributed by atoms with van der Waals surface area (Å²) in [5.74, 6) is -0.764. The summed E-state index contributed by atoms with van der Waals surface area (Å²) in [6.45, 7) is 0.577. The van der Waals surface area contributed by atoms with E-state index in [9.17, 15) is 9.59 Å². The Balaban J connectivity index is 1.75. The third-order valence-corrected chi connectivity index (χ3v) is 4.09. The normalized spacial score (nSPS) is 18.3. The zero-order chi connectivity index (χ0) is 16.9. The number of hydrogen-bond acceptors (Lipinski definition) is 5. The Hall–Kier alpha value is -2.47. The van der Waals surface area contributed by atoms with Crippen molar-refractivity contribution < 1.29 is 19.1 Å². The lowest BCUT2D eigenvalue weighted by Gasteiger charge is -2.18. The molecule has 0 unspecified atom stereocenters. The van der Waals surface area contributed by atoms with E-state index in [1.165, 1.54) is 7.11 Å². The second-order valence-electron chi connectivity index (χ2n) is 5.79. The van der Waals surface area contributed by atoms with Crippen LogP contribution in [0.2, 0.25) is 0 Å². The predicted octanol–water partition coefficient (Wildman–Crippen LogP) is 1.61. The molecule has 1 fully saturated rings. The minimum absolute atomic E-state index is 0.274. The van der Waals surface area contributed by atoms with Crippen molar-refractivity contribution >= 4 is 22.8 Å². The van der Waals surface area contributed by atoms with Crippen molar-refractivity contribution in [3.8, 4) is 0 Å². The first-order valence-electron chi connectivity index (χ1n) is 8.02. The molecule has 6 nitrogen and oxygen atoms in total. The fraction of sp³-hybridized carbons (Fsp3) is 0.389. The van der Waals surface area contributed by atoms with E-state index >= 15 is 0 Å². The van der Waals surface area contributed by atoms with Gasteiger partial charge in [-0.25, -0.2) is 4.79 Å². The summed E-state index contributed by atoms with van der Waals surface area (Å²) < 4.78 is 10.2. The first kappa shape index (κ1) is 16.4. The average molecular weight is 328 g/mol. The third kappa shape index (κ3) is 3.71. The van der Waals surface area contributed by atoms with Crippen LogP contribution in [0.3, 0.4) is 0 Å². The van der Waals surface area contributed by atoms with Crippen molar-refractivity contribution in [3.05, 3.63) is 42.1 Å². The minimum atomic E-state index is -0.777. The fourth-order valence-electron chi connectivity index (χ4n) is 2.82. The van der Waals surface area contributed by atoms with E-state index in [2.05, 4.69) is 10.3 Å². The summed E-state index contributed by atoms with van der Waals surface area (Å²) in [6.07, 6.45) is 1.32. The molecule has 2 heterocycles. The standard InChI is InChI=1S/C18H20N2O4/c1-23-18(22)15(20-17(21)16-7-4-10-24-16)11-13-9-8-12-5-2-3-6-14(12)19-13/h2-3,5-6,8-9,15-16H,4,7,10-11H2,1H3,(H,20,21)/t15-,16+/m0/s1. The smallest absolute Gasteiger partial charge is 0.328 e. The Morgan fingerprint density at radius 1 is 1.33 bits per heavy atom. The molecule has 0 bridgehead atoms. The number of carbonyl (C=O) groups excluding carboxylic acids is 2. The lowest BCUT2D eigenvalue weighted by Crippen LogP contribution is -2.47. The number of benzene rings is 1. The Bertz CT molecular complexity index is 741. The molecule has 0 spiro atoms. The van der Waals surface area contributed by atoms with Crippen LogP contribution in [0.4, 0.5) is 0 Å². The van der Waals surface area contributed by atoms with Gasteiger partial charge in [-0.1, -0.05) is 24.3 Å². The zero-order valence-corrected chi connectivity index (χ0v) is 13.5. The van der Waals surface area contributed by atoms with E-state index in [0.717, 1.165) is 23.0 Å². The average Bonchev–Trinajstić information content (AvgIpc) is 3.15. The number of amides is 1.